The number of aliphatic hydroxyl groups excluding tert-OH is 4. The van der Waals surface area contributed by atoms with E-state index in [1.807, 2.05) is 66.1 Å². The molecule has 5 unspecified atom stereocenters. The van der Waals surface area contributed by atoms with E-state index in [1.54, 1.807) is 26.0 Å². The summed E-state index contributed by atoms with van der Waals surface area (Å²) in [7, 11) is 3.03. The molecule has 16 aliphatic heterocycles. The number of rotatable bonds is 7. The molecule has 112 heavy (non-hydrogen) atoms. The first-order valence-corrected chi connectivity index (χ1v) is 40.2. The third-order valence-corrected chi connectivity index (χ3v) is 30.4. The number of benzene rings is 6. The fourth-order valence-corrected chi connectivity index (χ4v) is 26.4. The quantitative estimate of drug-likeness (QED) is 0.0423. The van der Waals surface area contributed by atoms with Crippen LogP contribution in [0.3, 0.4) is 0 Å². The summed E-state index contributed by atoms with van der Waals surface area (Å²) in [5.74, 6) is -0.561. The monoisotopic (exact) mass is 1560 g/mol. The fraction of sp³-hybridized carbons (Fsp3) is 0.463. The minimum Gasteiger partial charge on any atom is -0.504 e. The second kappa shape index (κ2) is 23.4. The molecule has 30 heteroatoms. The Hall–Kier alpha value is -9.02. The van der Waals surface area contributed by atoms with Gasteiger partial charge in [0.25, 0.3) is 6.29 Å². The summed E-state index contributed by atoms with van der Waals surface area (Å²) in [5, 5.41) is 81.6. The minimum absolute atomic E-state index is 0.0212. The van der Waals surface area contributed by atoms with E-state index in [-0.39, 0.29) is 78.2 Å². The van der Waals surface area contributed by atoms with Crippen molar-refractivity contribution in [3.8, 4) is 57.5 Å². The van der Waals surface area contributed by atoms with Crippen LogP contribution in [0.4, 0.5) is 0 Å². The number of nitrogens with one attached hydrogen (secondary N) is 3. The summed E-state index contributed by atoms with van der Waals surface area (Å²) in [5.41, 5.74) is 5.78. The number of hydrogen-bond donors (Lipinski definition) is 9. The van der Waals surface area contributed by atoms with Crippen molar-refractivity contribution in [2.45, 2.75) is 180 Å². The van der Waals surface area contributed by atoms with Gasteiger partial charge in [-0.25, -0.2) is 9.59 Å². The number of hydrogen-bond acceptors (Lipinski definition) is 29. The molecular weight excluding hydrogens is 1480 g/mol. The Labute approximate surface area is 648 Å². The van der Waals surface area contributed by atoms with Crippen molar-refractivity contribution in [1.29, 1.82) is 0 Å². The largest absolute Gasteiger partial charge is 0.504 e. The molecule has 0 radical (unpaired) electrons. The highest BCUT2D eigenvalue weighted by atomic mass is 32.2. The van der Waals surface area contributed by atoms with Crippen LogP contribution in [0.5, 0.6) is 57.5 Å². The Bertz CT molecular complexity index is 5630. The van der Waals surface area contributed by atoms with E-state index in [4.69, 9.17) is 51.8 Å². The van der Waals surface area contributed by atoms with Crippen LogP contribution >= 0.6 is 23.5 Å². The van der Waals surface area contributed by atoms with Gasteiger partial charge in [-0.05, 0) is 106 Å². The first kappa shape index (κ1) is 69.7. The highest BCUT2D eigenvalue weighted by Gasteiger charge is 2.81. The molecule has 18 heterocycles. The number of carbonyl (C=O) groups excluding carboxylic acids is 4. The summed E-state index contributed by atoms with van der Waals surface area (Å²) in [4.78, 5) is 71.8. The van der Waals surface area contributed by atoms with Gasteiger partial charge in [-0.2, -0.15) is 0 Å². The molecule has 4 bridgehead atoms. The second-order valence-corrected chi connectivity index (χ2v) is 35.1. The number of piperazine rings is 2. The number of carbonyl (C=O) groups is 4. The summed E-state index contributed by atoms with van der Waals surface area (Å²) in [6, 6.07) is 10.0. The maximum atomic E-state index is 16.2. The number of para-hydroxylation sites is 1. The maximum Gasteiger partial charge on any atom is 0.335 e. The van der Waals surface area contributed by atoms with Gasteiger partial charge in [0, 0.05) is 121 Å². The van der Waals surface area contributed by atoms with Crippen LogP contribution in [0.2, 0.25) is 0 Å². The Balaban J connectivity index is 0.701. The lowest BCUT2D eigenvalue weighted by Gasteiger charge is -2.55. The number of H-pyrrole nitrogens is 1. The predicted octanol–water partition coefficient (Wildman–Crippen LogP) is 7.52. The number of ether oxygens (including phenoxy) is 10. The van der Waals surface area contributed by atoms with Crippen LogP contribution in [-0.4, -0.2) is 187 Å². The zero-order chi connectivity index (χ0) is 77.2. The van der Waals surface area contributed by atoms with E-state index in [0.29, 0.717) is 102 Å². The molecule has 582 valence electrons. The number of aromatic hydroxyl groups is 2. The van der Waals surface area contributed by atoms with Gasteiger partial charge in [-0.1, -0.05) is 30.3 Å². The van der Waals surface area contributed by atoms with E-state index >= 15 is 9.59 Å². The fourth-order valence-electron chi connectivity index (χ4n) is 23.1. The number of phenols is 2. The SMILES string of the molecule is COc1c(C)cc2c(c1O)[C@@H]1[C@@H]3[C@@H]4SC[C@]5(N[C@@H](CO)Cc6c5oc5cccc(C7Oc8c(C)c(OC(C)=O)c9c(c8O7)[C@@H]7COC(=O)[C@]8(CS[C@H]9[C@H]9[C@H]%10c%11c(cc(C)c(OC)c%11O)C%11(C)[C@@H]([C@H](O)N97)N%10%11)N[C@@H](CO)Cc7c8[nH]c8ccccc78)c65)C(=O)OC[C@@H](c5c6c(c(C)c(OC(C)=O)c54)OCO6)N3[C@@H](O)[C@H]3N1C23C. The van der Waals surface area contributed by atoms with Crippen molar-refractivity contribution in [3.63, 3.8) is 0 Å². The number of thioether (sulfide) groups is 2. The first-order valence-electron chi connectivity index (χ1n) is 38.1. The van der Waals surface area contributed by atoms with Crippen molar-refractivity contribution < 1.29 is 102 Å². The van der Waals surface area contributed by atoms with Crippen molar-refractivity contribution >= 4 is 69.3 Å². The lowest BCUT2D eigenvalue weighted by Crippen LogP contribution is -2.64. The van der Waals surface area contributed by atoms with E-state index < -0.39 is 149 Å². The van der Waals surface area contributed by atoms with Crippen molar-refractivity contribution in [3.05, 3.63) is 150 Å². The summed E-state index contributed by atoms with van der Waals surface area (Å²) in [6.45, 7) is 12.4. The summed E-state index contributed by atoms with van der Waals surface area (Å²) >= 11 is 2.74. The normalized spacial score (nSPS) is 35.1. The number of aromatic amines is 1. The van der Waals surface area contributed by atoms with Gasteiger partial charge in [-0.3, -0.25) is 39.8 Å². The number of fused-ring (bicyclic) bond motifs is 22. The van der Waals surface area contributed by atoms with Gasteiger partial charge in [0.2, 0.25) is 6.79 Å². The van der Waals surface area contributed by atoms with Gasteiger partial charge >= 0.3 is 23.9 Å². The zero-order valence-electron chi connectivity index (χ0n) is 62.6. The third kappa shape index (κ3) is 8.43. The van der Waals surface area contributed by atoms with Crippen LogP contribution in [0.1, 0.15) is 164 Å². The zero-order valence-corrected chi connectivity index (χ0v) is 64.3. The molecule has 0 saturated carbocycles. The number of aliphatic hydroxyl groups is 4. The molecule has 6 fully saturated rings. The molecule has 16 aliphatic rings. The summed E-state index contributed by atoms with van der Waals surface area (Å²) < 4.78 is 72.9. The molecule has 0 amide bonds. The van der Waals surface area contributed by atoms with Crippen molar-refractivity contribution in [1.82, 2.24) is 35.2 Å². The molecule has 2 spiro atoms. The molecule has 0 aliphatic carbocycles. The molecule has 28 nitrogen and oxygen atoms in total. The molecule has 2 aromatic heterocycles. The molecular formula is C82H81N7O21S2. The predicted molar refractivity (Wildman–Crippen MR) is 400 cm³/mol. The molecule has 8 aromatic rings. The van der Waals surface area contributed by atoms with Crippen LogP contribution in [0, 0.1) is 27.7 Å². The molecule has 9 N–H and O–H groups in total. The first-order chi connectivity index (χ1) is 53.9. The lowest BCUT2D eigenvalue weighted by molar-refractivity contribution is -0.163. The Morgan fingerprint density at radius 2 is 1.13 bits per heavy atom. The Morgan fingerprint density at radius 3 is 1.71 bits per heavy atom. The number of nitrogens with zero attached hydrogens (tertiary/aromatic N) is 4. The van der Waals surface area contributed by atoms with Crippen molar-refractivity contribution in [2.24, 2.45) is 0 Å². The number of aryl methyl sites for hydroxylation is 2. The van der Waals surface area contributed by atoms with E-state index in [1.165, 1.54) is 51.6 Å². The smallest absolute Gasteiger partial charge is 0.335 e. The Kier molecular flexibility index (Phi) is 14.5. The molecule has 21 atom stereocenters. The number of phenolic OH excluding ortho intramolecular Hbond substituents is 2. The van der Waals surface area contributed by atoms with Gasteiger partial charge in [-0.15, -0.1) is 23.5 Å². The highest BCUT2D eigenvalue weighted by Crippen LogP contribution is 2.77. The van der Waals surface area contributed by atoms with Crippen LogP contribution in [0.25, 0.3) is 21.9 Å². The third-order valence-electron chi connectivity index (χ3n) is 27.5. The topological polar surface area (TPSA) is 347 Å². The minimum atomic E-state index is -1.89. The van der Waals surface area contributed by atoms with E-state index in [0.717, 1.165) is 38.7 Å². The molecule has 6 saturated heterocycles. The number of furan rings is 1. The second-order valence-electron chi connectivity index (χ2n) is 32.8. The molecule has 24 rings (SSSR count). The van der Waals surface area contributed by atoms with E-state index in [9.17, 15) is 40.2 Å². The Morgan fingerprint density at radius 1 is 0.616 bits per heavy atom. The average Bonchev–Trinajstić information content (AvgIpc) is 1.46. The standard InChI is InChI=1S/C82H81N7O21S2/c1-29-18-41-48(58(94)60(29)100-9)54-56-68-52-50(66-64(104-28-105-66)31(3)62(52)106-33(5)92)44(86(56)74(96)71-79(41,7)88(54)71)24-103-78(99)82(27-112-68)73-40(21-36(23-91)85-82)47-38(15-13-17-46(47)108-73)76-109-65-32(4)63(107-34(6)93)53-51(67(65)110-76)45-25-102-77(98)81(70-39(20-35(22-90)84-81)37-14-11-12-16-43(37)83-70)26-111-69(53)57-55-49-42(19-30(2)61(101-10)59(49)95)80(8)72(89(55)80)75(97)87(45)57/h11-19,35-36,44-45,54-57,68-69,71-72,74-76,83-85,90-91,94-97H,20-28H2,1-10H3/t35-,36-,44+,45+,54-,55-,56-,57-,68-,69-,71-,72-,74+,75+,76?,79?,80?,81-,82-,88?,89?/m1/s1. The van der Waals surface area contributed by atoms with Gasteiger partial charge < -0.3 is 87.4 Å². The lowest BCUT2D eigenvalue weighted by atomic mass is 9.76. The van der Waals surface area contributed by atoms with Crippen LogP contribution in [0.15, 0.2) is 59.0 Å². The maximum absolute atomic E-state index is 16.2. The highest BCUT2D eigenvalue weighted by molar-refractivity contribution is 7.99. The van der Waals surface area contributed by atoms with Crippen molar-refractivity contribution in [2.75, 3.05) is 58.9 Å². The van der Waals surface area contributed by atoms with Gasteiger partial charge in [0.15, 0.2) is 57.1 Å². The number of aromatic nitrogens is 1. The van der Waals surface area contributed by atoms with E-state index in [2.05, 4.69) is 39.3 Å². The van der Waals surface area contributed by atoms with Crippen LogP contribution in [-0.2, 0) is 63.6 Å². The van der Waals surface area contributed by atoms with Crippen LogP contribution < -0.4 is 48.5 Å². The number of esters is 4. The summed E-state index contributed by atoms with van der Waals surface area (Å²) in [6.07, 6.45) is -3.22. The van der Waals surface area contributed by atoms with Gasteiger partial charge in [0.1, 0.15) is 48.5 Å². The van der Waals surface area contributed by atoms with Gasteiger partial charge in [0.05, 0.1) is 91.0 Å². The number of methoxy groups -OCH3 is 2. The average molecular weight is 1560 g/mol. The molecule has 6 aromatic carbocycles.